The van der Waals surface area contributed by atoms with Gasteiger partial charge in [0, 0.05) is 19.1 Å². The van der Waals surface area contributed by atoms with E-state index in [9.17, 15) is 0 Å². The van der Waals surface area contributed by atoms with Gasteiger partial charge < -0.3 is 16.4 Å². The Kier molecular flexibility index (Phi) is 2.45. The summed E-state index contributed by atoms with van der Waals surface area (Å²) in [5.41, 5.74) is 11.1. The van der Waals surface area contributed by atoms with Crippen molar-refractivity contribution in [2.45, 2.75) is 18.9 Å². The van der Waals surface area contributed by atoms with Gasteiger partial charge in [0.1, 0.15) is 0 Å². The van der Waals surface area contributed by atoms with Crippen LogP contribution >= 0.6 is 12.2 Å². The summed E-state index contributed by atoms with van der Waals surface area (Å²) in [6.45, 7) is 1.85. The van der Waals surface area contributed by atoms with E-state index in [-0.39, 0.29) is 0 Å². The molecule has 0 amide bonds. The second-order valence-electron chi connectivity index (χ2n) is 2.66. The van der Waals surface area contributed by atoms with Crippen LogP contribution in [0.15, 0.2) is 0 Å². The third kappa shape index (κ3) is 1.82. The van der Waals surface area contributed by atoms with Crippen molar-refractivity contribution < 1.29 is 0 Å². The largest absolute Gasteiger partial charge is 0.376 e. The molecule has 4 N–H and O–H groups in total. The van der Waals surface area contributed by atoms with Crippen molar-refractivity contribution in [3.05, 3.63) is 0 Å². The number of piperidine rings is 1. The van der Waals surface area contributed by atoms with Gasteiger partial charge in [-0.2, -0.15) is 0 Å². The third-order valence-corrected chi connectivity index (χ3v) is 2.11. The molecule has 1 heterocycles. The molecule has 3 nitrogen and oxygen atoms in total. The number of thiocarbonyl (C=S) groups is 1. The SMILES string of the molecule is NC(=S)N1CCC(N)CC1. The van der Waals surface area contributed by atoms with E-state index in [1.54, 1.807) is 0 Å². The zero-order valence-corrected chi connectivity index (χ0v) is 6.73. The predicted octanol–water partition coefficient (Wildman–Crippen LogP) is -0.347. The molecule has 4 heteroatoms. The van der Waals surface area contributed by atoms with E-state index in [0.29, 0.717) is 11.2 Å². The van der Waals surface area contributed by atoms with Crippen molar-refractivity contribution in [1.29, 1.82) is 0 Å². The monoisotopic (exact) mass is 159 g/mol. The van der Waals surface area contributed by atoms with Crippen LogP contribution in [0.3, 0.4) is 0 Å². The van der Waals surface area contributed by atoms with Crippen LogP contribution < -0.4 is 11.5 Å². The standard InChI is InChI=1S/C6H13N3S/c7-5-1-3-9(4-2-5)6(8)10/h5H,1-4,7H2,(H2,8,10). The Labute approximate surface area is 66.4 Å². The van der Waals surface area contributed by atoms with Crippen LogP contribution in [0.4, 0.5) is 0 Å². The Morgan fingerprint density at radius 2 is 1.90 bits per heavy atom. The Balaban J connectivity index is 2.33. The van der Waals surface area contributed by atoms with E-state index in [2.05, 4.69) is 0 Å². The van der Waals surface area contributed by atoms with Gasteiger partial charge in [-0.15, -0.1) is 0 Å². The fourth-order valence-electron chi connectivity index (χ4n) is 1.12. The summed E-state index contributed by atoms with van der Waals surface area (Å²) in [6.07, 6.45) is 2.02. The molecule has 1 aliphatic heterocycles. The summed E-state index contributed by atoms with van der Waals surface area (Å²) in [4.78, 5) is 2.00. The first-order valence-corrected chi connectivity index (χ1v) is 3.91. The molecule has 1 fully saturated rings. The fourth-order valence-corrected chi connectivity index (χ4v) is 1.30. The molecule has 0 radical (unpaired) electrons. The van der Waals surface area contributed by atoms with Crippen LogP contribution in [0.1, 0.15) is 12.8 Å². The first kappa shape index (κ1) is 7.75. The lowest BCUT2D eigenvalue weighted by Crippen LogP contribution is -2.45. The van der Waals surface area contributed by atoms with Crippen LogP contribution in [0, 0.1) is 0 Å². The molecule has 0 aromatic rings. The van der Waals surface area contributed by atoms with Gasteiger partial charge in [-0.3, -0.25) is 0 Å². The highest BCUT2D eigenvalue weighted by Gasteiger charge is 2.15. The Morgan fingerprint density at radius 3 is 2.30 bits per heavy atom. The van der Waals surface area contributed by atoms with E-state index in [1.165, 1.54) is 0 Å². The number of rotatable bonds is 0. The lowest BCUT2D eigenvalue weighted by Gasteiger charge is -2.30. The van der Waals surface area contributed by atoms with Crippen molar-refractivity contribution in [1.82, 2.24) is 4.90 Å². The highest BCUT2D eigenvalue weighted by molar-refractivity contribution is 7.80. The maximum absolute atomic E-state index is 5.69. The number of hydrogen-bond donors (Lipinski definition) is 2. The van der Waals surface area contributed by atoms with Crippen LogP contribution in [0.5, 0.6) is 0 Å². The summed E-state index contributed by atoms with van der Waals surface area (Å²) >= 11 is 4.82. The molecule has 0 spiro atoms. The summed E-state index contributed by atoms with van der Waals surface area (Å²) in [5, 5.41) is 0.506. The van der Waals surface area contributed by atoms with Crippen molar-refractivity contribution in [3.63, 3.8) is 0 Å². The quantitative estimate of drug-likeness (QED) is 0.474. The highest BCUT2D eigenvalue weighted by atomic mass is 32.1. The molecule has 0 aromatic heterocycles. The van der Waals surface area contributed by atoms with Gasteiger partial charge in [0.15, 0.2) is 5.11 Å². The van der Waals surface area contributed by atoms with E-state index in [0.717, 1.165) is 25.9 Å². The van der Waals surface area contributed by atoms with Gasteiger partial charge in [0.2, 0.25) is 0 Å². The average Bonchev–Trinajstić information content (AvgIpc) is 1.88. The van der Waals surface area contributed by atoms with Gasteiger partial charge in [-0.05, 0) is 25.1 Å². The molecule has 1 aliphatic rings. The highest BCUT2D eigenvalue weighted by Crippen LogP contribution is 2.06. The Hall–Kier alpha value is -0.350. The lowest BCUT2D eigenvalue weighted by atomic mass is 10.1. The molecule has 0 aromatic carbocycles. The summed E-state index contributed by atoms with van der Waals surface area (Å²) in [5.74, 6) is 0. The molecule has 0 aliphatic carbocycles. The van der Waals surface area contributed by atoms with Crippen LogP contribution in [0.25, 0.3) is 0 Å². The van der Waals surface area contributed by atoms with Gasteiger partial charge in [0.05, 0.1) is 0 Å². The third-order valence-electron chi connectivity index (χ3n) is 1.85. The fraction of sp³-hybridized carbons (Fsp3) is 0.833. The average molecular weight is 159 g/mol. The van der Waals surface area contributed by atoms with Crippen molar-refractivity contribution in [3.8, 4) is 0 Å². The minimum absolute atomic E-state index is 0.352. The zero-order valence-electron chi connectivity index (χ0n) is 5.92. The molecule has 0 bridgehead atoms. The first-order chi connectivity index (χ1) is 4.70. The minimum atomic E-state index is 0.352. The second kappa shape index (κ2) is 3.16. The first-order valence-electron chi connectivity index (χ1n) is 3.50. The smallest absolute Gasteiger partial charge is 0.166 e. The van der Waals surface area contributed by atoms with Gasteiger partial charge in [0.25, 0.3) is 0 Å². The molecule has 0 atom stereocenters. The second-order valence-corrected chi connectivity index (χ2v) is 3.08. The number of nitrogens with two attached hydrogens (primary N) is 2. The molecule has 0 unspecified atom stereocenters. The number of likely N-dealkylation sites (tertiary alicyclic amines) is 1. The van der Waals surface area contributed by atoms with E-state index in [1.807, 2.05) is 4.90 Å². The zero-order chi connectivity index (χ0) is 7.56. The number of hydrogen-bond acceptors (Lipinski definition) is 2. The van der Waals surface area contributed by atoms with Crippen LogP contribution in [-0.2, 0) is 0 Å². The van der Waals surface area contributed by atoms with Gasteiger partial charge in [-0.1, -0.05) is 0 Å². The van der Waals surface area contributed by atoms with Crippen molar-refractivity contribution >= 4 is 17.3 Å². The van der Waals surface area contributed by atoms with E-state index in [4.69, 9.17) is 23.7 Å². The van der Waals surface area contributed by atoms with Gasteiger partial charge in [-0.25, -0.2) is 0 Å². The molecule has 58 valence electrons. The van der Waals surface area contributed by atoms with Crippen molar-refractivity contribution in [2.75, 3.05) is 13.1 Å². The normalized spacial score (nSPS) is 21.1. The van der Waals surface area contributed by atoms with E-state index < -0.39 is 0 Å². The topological polar surface area (TPSA) is 55.3 Å². The molecular weight excluding hydrogens is 146 g/mol. The van der Waals surface area contributed by atoms with Gasteiger partial charge >= 0.3 is 0 Å². The maximum atomic E-state index is 5.69. The predicted molar refractivity (Wildman–Crippen MR) is 45.6 cm³/mol. The Morgan fingerprint density at radius 1 is 1.40 bits per heavy atom. The summed E-state index contributed by atoms with van der Waals surface area (Å²) in [7, 11) is 0. The summed E-state index contributed by atoms with van der Waals surface area (Å²) in [6, 6.07) is 0.352. The molecule has 1 rings (SSSR count). The lowest BCUT2D eigenvalue weighted by molar-refractivity contribution is 0.315. The molecular formula is C6H13N3S. The molecule has 1 saturated heterocycles. The minimum Gasteiger partial charge on any atom is -0.376 e. The van der Waals surface area contributed by atoms with E-state index >= 15 is 0 Å². The number of nitrogens with zero attached hydrogens (tertiary/aromatic N) is 1. The van der Waals surface area contributed by atoms with Crippen LogP contribution in [0.2, 0.25) is 0 Å². The molecule has 0 saturated carbocycles. The van der Waals surface area contributed by atoms with Crippen LogP contribution in [-0.4, -0.2) is 29.1 Å². The van der Waals surface area contributed by atoms with Crippen molar-refractivity contribution in [2.24, 2.45) is 11.5 Å². The molecule has 10 heavy (non-hydrogen) atoms. The summed E-state index contributed by atoms with van der Waals surface area (Å²) < 4.78 is 0. The maximum Gasteiger partial charge on any atom is 0.166 e. The Bertz CT molecular complexity index is 129.